The summed E-state index contributed by atoms with van der Waals surface area (Å²) in [6.07, 6.45) is 3.49. The van der Waals surface area contributed by atoms with E-state index in [1.807, 2.05) is 12.1 Å². The van der Waals surface area contributed by atoms with Gasteiger partial charge in [-0.15, -0.1) is 0 Å². The van der Waals surface area contributed by atoms with Crippen LogP contribution in [0.4, 0.5) is 0 Å². The van der Waals surface area contributed by atoms with Crippen LogP contribution in [0.5, 0.6) is 0 Å². The molecular weight excluding hydrogens is 148 g/mol. The first kappa shape index (κ1) is 6.98. The number of fused-ring (bicyclic) bond motifs is 1. The van der Waals surface area contributed by atoms with E-state index in [1.54, 1.807) is 12.4 Å². The third-order valence-corrected chi connectivity index (χ3v) is 1.78. The van der Waals surface area contributed by atoms with E-state index in [2.05, 4.69) is 23.1 Å². The van der Waals surface area contributed by atoms with Crippen molar-refractivity contribution in [2.75, 3.05) is 0 Å². The molecule has 0 aliphatic rings. The third kappa shape index (κ3) is 0.975. The Bertz CT molecular complexity index is 468. The molecule has 0 bridgehead atoms. The van der Waals surface area contributed by atoms with Crippen molar-refractivity contribution in [2.45, 2.75) is 0 Å². The molecule has 0 atom stereocenters. The molecule has 0 aromatic carbocycles. The van der Waals surface area contributed by atoms with E-state index < -0.39 is 0 Å². The van der Waals surface area contributed by atoms with E-state index in [9.17, 15) is 0 Å². The molecule has 0 amide bonds. The second kappa shape index (κ2) is 2.41. The number of hydrogen-bond acceptors (Lipinski definition) is 2. The smallest absolute Gasteiger partial charge is 0.0740 e. The normalized spacial score (nSPS) is 10.3. The summed E-state index contributed by atoms with van der Waals surface area (Å²) >= 11 is 0. The molecule has 0 unspecified atom stereocenters. The van der Waals surface area contributed by atoms with Crippen molar-refractivity contribution in [1.29, 1.82) is 0 Å². The van der Waals surface area contributed by atoms with Crippen LogP contribution in [-0.2, 0) is 0 Å². The van der Waals surface area contributed by atoms with Crippen molar-refractivity contribution in [3.8, 4) is 0 Å². The van der Waals surface area contributed by atoms with Gasteiger partial charge in [0.1, 0.15) is 0 Å². The van der Waals surface area contributed by atoms with Crippen LogP contribution in [0.25, 0.3) is 24.1 Å². The topological polar surface area (TPSA) is 25.8 Å². The Kier molecular flexibility index (Phi) is 1.40. The van der Waals surface area contributed by atoms with Gasteiger partial charge >= 0.3 is 0 Å². The van der Waals surface area contributed by atoms with Gasteiger partial charge in [-0.2, -0.15) is 0 Å². The number of hydrogen-bond donors (Lipinski definition) is 0. The lowest BCUT2D eigenvalue weighted by molar-refractivity contribution is 1.27. The van der Waals surface area contributed by atoms with Crippen LogP contribution >= 0.6 is 0 Å². The van der Waals surface area contributed by atoms with Gasteiger partial charge in [0.25, 0.3) is 0 Å². The minimum Gasteiger partial charge on any atom is -0.264 e. The Morgan fingerprint density at radius 2 is 2.08 bits per heavy atom. The minimum absolute atomic E-state index is 0.730. The number of nitrogens with zero attached hydrogens (tertiary/aromatic N) is 2. The summed E-state index contributed by atoms with van der Waals surface area (Å²) in [4.78, 5) is 8.26. The number of pyridine rings is 2. The highest BCUT2D eigenvalue weighted by atomic mass is 14.7. The predicted octanol–water partition coefficient (Wildman–Crippen LogP) is 0.450. The van der Waals surface area contributed by atoms with Gasteiger partial charge in [-0.05, 0) is 17.4 Å². The molecule has 0 spiro atoms. The summed E-state index contributed by atoms with van der Waals surface area (Å²) in [7, 11) is 0. The van der Waals surface area contributed by atoms with E-state index in [-0.39, 0.29) is 0 Å². The van der Waals surface area contributed by atoms with Gasteiger partial charge < -0.3 is 0 Å². The summed E-state index contributed by atoms with van der Waals surface area (Å²) < 4.78 is 0. The average Bonchev–Trinajstić information content (AvgIpc) is 2.07. The van der Waals surface area contributed by atoms with Crippen molar-refractivity contribution in [3.05, 3.63) is 35.1 Å². The van der Waals surface area contributed by atoms with Crippen LogP contribution in [-0.4, -0.2) is 9.97 Å². The molecule has 0 aliphatic heterocycles. The lowest BCUT2D eigenvalue weighted by Gasteiger charge is -1.94. The summed E-state index contributed by atoms with van der Waals surface area (Å²) in [5.74, 6) is 0. The molecule has 58 valence electrons. The Hall–Kier alpha value is -1.70. The van der Waals surface area contributed by atoms with Crippen molar-refractivity contribution in [3.63, 3.8) is 0 Å². The van der Waals surface area contributed by atoms with Crippen LogP contribution in [0.3, 0.4) is 0 Å². The molecule has 2 aromatic rings. The molecule has 0 radical (unpaired) electrons. The molecule has 2 nitrogen and oxygen atoms in total. The lowest BCUT2D eigenvalue weighted by Crippen LogP contribution is -2.24. The largest absolute Gasteiger partial charge is 0.264 e. The molecule has 2 heterocycles. The van der Waals surface area contributed by atoms with Crippen LogP contribution < -0.4 is 10.6 Å². The first-order valence-corrected chi connectivity index (χ1v) is 3.66. The van der Waals surface area contributed by atoms with Gasteiger partial charge in [-0.1, -0.05) is 13.2 Å². The number of aromatic nitrogens is 2. The van der Waals surface area contributed by atoms with Gasteiger partial charge in [0.05, 0.1) is 10.9 Å². The SMILES string of the molecule is C=c1cc2cnccc2nc1=C. The Balaban J connectivity index is 3.03. The molecule has 0 fully saturated rings. The molecule has 2 aromatic heterocycles. The van der Waals surface area contributed by atoms with Gasteiger partial charge in [0.15, 0.2) is 0 Å². The fraction of sp³-hybridized carbons (Fsp3) is 0. The zero-order valence-electron chi connectivity index (χ0n) is 6.62. The average molecular weight is 156 g/mol. The van der Waals surface area contributed by atoms with Gasteiger partial charge in [0, 0.05) is 17.8 Å². The van der Waals surface area contributed by atoms with Gasteiger partial charge in [-0.3, -0.25) is 4.98 Å². The maximum absolute atomic E-state index is 4.26. The highest BCUT2D eigenvalue weighted by molar-refractivity contribution is 5.76. The Morgan fingerprint density at radius 3 is 2.92 bits per heavy atom. The van der Waals surface area contributed by atoms with Crippen LogP contribution in [0.15, 0.2) is 24.5 Å². The van der Waals surface area contributed by atoms with E-state index in [0.29, 0.717) is 0 Å². The van der Waals surface area contributed by atoms with Crippen molar-refractivity contribution < 1.29 is 0 Å². The summed E-state index contributed by atoms with van der Waals surface area (Å²) in [5.41, 5.74) is 0.919. The third-order valence-electron chi connectivity index (χ3n) is 1.78. The monoisotopic (exact) mass is 156 g/mol. The zero-order valence-corrected chi connectivity index (χ0v) is 6.62. The molecule has 0 aliphatic carbocycles. The molecular formula is C10H8N2. The molecule has 2 heteroatoms. The maximum Gasteiger partial charge on any atom is 0.0740 e. The highest BCUT2D eigenvalue weighted by Gasteiger charge is 1.91. The Morgan fingerprint density at radius 1 is 1.25 bits per heavy atom. The van der Waals surface area contributed by atoms with Crippen molar-refractivity contribution >= 4 is 24.1 Å². The van der Waals surface area contributed by atoms with E-state index in [0.717, 1.165) is 21.5 Å². The molecule has 12 heavy (non-hydrogen) atoms. The molecule has 2 rings (SSSR count). The van der Waals surface area contributed by atoms with E-state index >= 15 is 0 Å². The van der Waals surface area contributed by atoms with Crippen molar-refractivity contribution in [2.24, 2.45) is 0 Å². The van der Waals surface area contributed by atoms with Crippen molar-refractivity contribution in [1.82, 2.24) is 9.97 Å². The Labute approximate surface area is 69.9 Å². The quantitative estimate of drug-likeness (QED) is 0.553. The molecule has 0 saturated heterocycles. The number of rotatable bonds is 0. The van der Waals surface area contributed by atoms with E-state index in [4.69, 9.17) is 0 Å². The summed E-state index contributed by atoms with van der Waals surface area (Å²) in [6, 6.07) is 3.81. The van der Waals surface area contributed by atoms with Gasteiger partial charge in [0.2, 0.25) is 0 Å². The standard InChI is InChI=1S/C10H8N2/c1-7-5-9-6-11-4-3-10(9)12-8(7)2/h3-6H,1-2H2. The minimum atomic E-state index is 0.730. The maximum atomic E-state index is 4.26. The lowest BCUT2D eigenvalue weighted by atomic mass is 10.2. The second-order valence-corrected chi connectivity index (χ2v) is 2.66. The first-order valence-electron chi connectivity index (χ1n) is 3.66. The molecule has 0 saturated carbocycles. The zero-order chi connectivity index (χ0) is 8.55. The first-order chi connectivity index (χ1) is 5.77. The second-order valence-electron chi connectivity index (χ2n) is 2.66. The predicted molar refractivity (Wildman–Crippen MR) is 49.8 cm³/mol. The van der Waals surface area contributed by atoms with Crippen LogP contribution in [0.1, 0.15) is 0 Å². The molecule has 0 N–H and O–H groups in total. The van der Waals surface area contributed by atoms with Crippen LogP contribution in [0.2, 0.25) is 0 Å². The van der Waals surface area contributed by atoms with E-state index in [1.165, 1.54) is 0 Å². The summed E-state index contributed by atoms with van der Waals surface area (Å²) in [5, 5.41) is 2.60. The highest BCUT2D eigenvalue weighted by Crippen LogP contribution is 2.02. The summed E-state index contributed by atoms with van der Waals surface area (Å²) in [6.45, 7) is 7.59. The fourth-order valence-corrected chi connectivity index (χ4v) is 1.10. The van der Waals surface area contributed by atoms with Gasteiger partial charge in [-0.25, -0.2) is 4.98 Å². The fourth-order valence-electron chi connectivity index (χ4n) is 1.10. The van der Waals surface area contributed by atoms with Crippen LogP contribution in [0, 0.1) is 0 Å².